The molecule has 2 N–H and O–H groups in total. The number of hydrogen-bond acceptors (Lipinski definition) is 2. The number of nitrogens with zero attached hydrogens (tertiary/aromatic N) is 1. The lowest BCUT2D eigenvalue weighted by Crippen LogP contribution is -2.07. The lowest BCUT2D eigenvalue weighted by atomic mass is 10.1. The molecule has 0 aliphatic rings. The van der Waals surface area contributed by atoms with Crippen LogP contribution in [0.2, 0.25) is 0 Å². The summed E-state index contributed by atoms with van der Waals surface area (Å²) >= 11 is 0. The first kappa shape index (κ1) is 14.3. The molecular formula is C16H13F3N2O. The van der Waals surface area contributed by atoms with Crippen molar-refractivity contribution in [2.45, 2.75) is 6.18 Å². The fourth-order valence-electron chi connectivity index (χ4n) is 2.48. The van der Waals surface area contributed by atoms with Gasteiger partial charge in [-0.2, -0.15) is 13.2 Å². The smallest absolute Gasteiger partial charge is 0.416 e. The molecule has 0 saturated carbocycles. The number of fused-ring (bicyclic) bond motifs is 1. The first-order valence-electron chi connectivity index (χ1n) is 6.52. The van der Waals surface area contributed by atoms with Crippen LogP contribution in [0.15, 0.2) is 48.7 Å². The highest BCUT2D eigenvalue weighted by molar-refractivity contribution is 5.88. The van der Waals surface area contributed by atoms with E-state index in [0.717, 1.165) is 23.0 Å². The first-order valence-corrected chi connectivity index (χ1v) is 6.52. The maximum absolute atomic E-state index is 12.9. The van der Waals surface area contributed by atoms with E-state index in [9.17, 15) is 13.2 Å². The highest BCUT2D eigenvalue weighted by atomic mass is 19.4. The Hall–Kier alpha value is -2.63. The minimum atomic E-state index is -4.44. The summed E-state index contributed by atoms with van der Waals surface area (Å²) in [7, 11) is 1.55. The molecule has 0 atom stereocenters. The van der Waals surface area contributed by atoms with Crippen molar-refractivity contribution < 1.29 is 17.9 Å². The number of alkyl halides is 3. The monoisotopic (exact) mass is 306 g/mol. The predicted molar refractivity (Wildman–Crippen MR) is 79.2 cm³/mol. The number of halogens is 3. The van der Waals surface area contributed by atoms with Crippen LogP contribution in [-0.4, -0.2) is 11.7 Å². The Morgan fingerprint density at radius 3 is 2.55 bits per heavy atom. The van der Waals surface area contributed by atoms with Crippen molar-refractivity contribution in [1.82, 2.24) is 4.57 Å². The largest absolute Gasteiger partial charge is 0.496 e. The molecule has 1 heterocycles. The topological polar surface area (TPSA) is 40.2 Å². The third-order valence-electron chi connectivity index (χ3n) is 3.46. The van der Waals surface area contributed by atoms with Gasteiger partial charge in [0.2, 0.25) is 0 Å². The van der Waals surface area contributed by atoms with Crippen molar-refractivity contribution in [3.05, 3.63) is 54.2 Å². The summed E-state index contributed by atoms with van der Waals surface area (Å²) in [6, 6.07) is 10.7. The highest BCUT2D eigenvalue weighted by Crippen LogP contribution is 2.34. The van der Waals surface area contributed by atoms with Crippen LogP contribution in [0.3, 0.4) is 0 Å². The molecule has 0 amide bonds. The van der Waals surface area contributed by atoms with Gasteiger partial charge in [0.25, 0.3) is 0 Å². The normalized spacial score (nSPS) is 11.8. The molecule has 0 aliphatic heterocycles. The van der Waals surface area contributed by atoms with Crippen molar-refractivity contribution in [3.8, 4) is 11.4 Å². The molecule has 22 heavy (non-hydrogen) atoms. The summed E-state index contributed by atoms with van der Waals surface area (Å²) in [5.41, 5.74) is 6.02. The summed E-state index contributed by atoms with van der Waals surface area (Å²) < 4.78 is 45.7. The SMILES string of the molecule is COc1cccc2c1ccn2-c1cc(N)cc(C(F)(F)F)c1. The Bertz CT molecular complexity index is 837. The van der Waals surface area contributed by atoms with Gasteiger partial charge in [0.15, 0.2) is 0 Å². The fourth-order valence-corrected chi connectivity index (χ4v) is 2.48. The fraction of sp³-hybridized carbons (Fsp3) is 0.125. The van der Waals surface area contributed by atoms with E-state index in [2.05, 4.69) is 0 Å². The van der Waals surface area contributed by atoms with Crippen LogP contribution in [0.4, 0.5) is 18.9 Å². The Morgan fingerprint density at radius 1 is 1.09 bits per heavy atom. The summed E-state index contributed by atoms with van der Waals surface area (Å²) in [5, 5.41) is 0.820. The highest BCUT2D eigenvalue weighted by Gasteiger charge is 2.31. The molecule has 3 nitrogen and oxygen atoms in total. The van der Waals surface area contributed by atoms with E-state index in [1.54, 1.807) is 36.1 Å². The number of rotatable bonds is 2. The van der Waals surface area contributed by atoms with Gasteiger partial charge in [-0.15, -0.1) is 0 Å². The standard InChI is InChI=1S/C16H13F3N2O/c1-22-15-4-2-3-14-13(15)5-6-21(14)12-8-10(16(17,18)19)7-11(20)9-12/h2-9H,20H2,1H3. The van der Waals surface area contributed by atoms with Gasteiger partial charge in [-0.3, -0.25) is 0 Å². The molecule has 0 spiro atoms. The van der Waals surface area contributed by atoms with Crippen molar-refractivity contribution in [2.24, 2.45) is 0 Å². The average molecular weight is 306 g/mol. The number of aromatic nitrogens is 1. The Labute approximate surface area is 124 Å². The van der Waals surface area contributed by atoms with Crippen LogP contribution >= 0.6 is 0 Å². The quantitative estimate of drug-likeness (QED) is 0.719. The second kappa shape index (κ2) is 4.98. The molecule has 6 heteroatoms. The number of nitrogens with two attached hydrogens (primary N) is 1. The van der Waals surface area contributed by atoms with Crippen molar-refractivity contribution in [2.75, 3.05) is 12.8 Å². The van der Waals surface area contributed by atoms with E-state index in [4.69, 9.17) is 10.5 Å². The Kier molecular flexibility index (Phi) is 3.24. The summed E-state index contributed by atoms with van der Waals surface area (Å²) in [6.45, 7) is 0. The van der Waals surface area contributed by atoms with Gasteiger partial charge >= 0.3 is 6.18 Å². The predicted octanol–water partition coefficient (Wildman–Crippen LogP) is 4.24. The van der Waals surface area contributed by atoms with Crippen molar-refractivity contribution in [1.29, 1.82) is 0 Å². The third-order valence-corrected chi connectivity index (χ3v) is 3.46. The molecule has 3 aromatic rings. The van der Waals surface area contributed by atoms with E-state index in [0.29, 0.717) is 11.4 Å². The van der Waals surface area contributed by atoms with Gasteiger partial charge in [-0.25, -0.2) is 0 Å². The average Bonchev–Trinajstić information content (AvgIpc) is 2.89. The van der Waals surface area contributed by atoms with E-state index in [-0.39, 0.29) is 5.69 Å². The van der Waals surface area contributed by atoms with E-state index in [1.165, 1.54) is 6.07 Å². The Balaban J connectivity index is 2.22. The zero-order valence-corrected chi connectivity index (χ0v) is 11.7. The molecule has 0 bridgehead atoms. The molecule has 1 aromatic heterocycles. The Morgan fingerprint density at radius 2 is 1.86 bits per heavy atom. The number of nitrogen functional groups attached to an aromatic ring is 1. The van der Waals surface area contributed by atoms with Crippen LogP contribution in [0.5, 0.6) is 5.75 Å². The maximum atomic E-state index is 12.9. The molecule has 0 fully saturated rings. The number of anilines is 1. The van der Waals surface area contributed by atoms with Gasteiger partial charge in [0, 0.05) is 23.0 Å². The molecule has 0 aliphatic carbocycles. The third kappa shape index (κ3) is 2.36. The lowest BCUT2D eigenvalue weighted by molar-refractivity contribution is -0.137. The second-order valence-electron chi connectivity index (χ2n) is 4.89. The van der Waals surface area contributed by atoms with Crippen molar-refractivity contribution in [3.63, 3.8) is 0 Å². The van der Waals surface area contributed by atoms with Gasteiger partial charge in [0.1, 0.15) is 5.75 Å². The maximum Gasteiger partial charge on any atom is 0.416 e. The molecule has 3 rings (SSSR count). The molecule has 0 unspecified atom stereocenters. The van der Waals surface area contributed by atoms with E-state index in [1.807, 2.05) is 6.07 Å². The summed E-state index contributed by atoms with van der Waals surface area (Å²) in [5.74, 6) is 0.663. The van der Waals surface area contributed by atoms with Crippen molar-refractivity contribution >= 4 is 16.6 Å². The summed E-state index contributed by atoms with van der Waals surface area (Å²) in [6.07, 6.45) is -2.74. The first-order chi connectivity index (χ1) is 10.4. The number of methoxy groups -OCH3 is 1. The number of ether oxygens (including phenoxy) is 1. The molecule has 0 saturated heterocycles. The van der Waals surface area contributed by atoms with Gasteiger partial charge in [-0.05, 0) is 36.4 Å². The number of benzene rings is 2. The number of hydrogen-bond donors (Lipinski definition) is 1. The zero-order valence-electron chi connectivity index (χ0n) is 11.7. The van der Waals surface area contributed by atoms with Gasteiger partial charge in [-0.1, -0.05) is 6.07 Å². The van der Waals surface area contributed by atoms with Gasteiger partial charge < -0.3 is 15.0 Å². The molecular weight excluding hydrogens is 293 g/mol. The van der Waals surface area contributed by atoms with E-state index < -0.39 is 11.7 Å². The van der Waals surface area contributed by atoms with Crippen LogP contribution in [0.1, 0.15) is 5.56 Å². The van der Waals surface area contributed by atoms with E-state index >= 15 is 0 Å². The lowest BCUT2D eigenvalue weighted by Gasteiger charge is -2.12. The molecule has 0 radical (unpaired) electrons. The molecule has 2 aromatic carbocycles. The van der Waals surface area contributed by atoms with Crippen LogP contribution < -0.4 is 10.5 Å². The summed E-state index contributed by atoms with van der Waals surface area (Å²) in [4.78, 5) is 0. The molecule has 114 valence electrons. The minimum Gasteiger partial charge on any atom is -0.496 e. The zero-order chi connectivity index (χ0) is 15.9. The van der Waals surface area contributed by atoms with Crippen LogP contribution in [0, 0.1) is 0 Å². The van der Waals surface area contributed by atoms with Crippen LogP contribution in [0.25, 0.3) is 16.6 Å². The second-order valence-corrected chi connectivity index (χ2v) is 4.89. The minimum absolute atomic E-state index is 0.0644. The van der Waals surface area contributed by atoms with Crippen LogP contribution in [-0.2, 0) is 6.18 Å². The van der Waals surface area contributed by atoms with Gasteiger partial charge in [0.05, 0.1) is 18.2 Å².